The van der Waals surface area contributed by atoms with Crippen molar-refractivity contribution in [1.82, 2.24) is 0 Å². The van der Waals surface area contributed by atoms with Crippen LogP contribution >= 0.6 is 11.6 Å². The molecule has 2 atom stereocenters. The van der Waals surface area contributed by atoms with E-state index in [1.807, 2.05) is 6.07 Å². The van der Waals surface area contributed by atoms with Crippen molar-refractivity contribution in [2.75, 3.05) is 31.3 Å². The molecule has 1 unspecified atom stereocenters. The molecule has 0 aromatic heterocycles. The Balaban J connectivity index is 1.96. The highest BCUT2D eigenvalue weighted by Crippen LogP contribution is 2.27. The van der Waals surface area contributed by atoms with Crippen molar-refractivity contribution in [3.8, 4) is 11.8 Å². The molecule has 7 nitrogen and oxygen atoms in total. The maximum Gasteiger partial charge on any atom is 0.282 e. The molecule has 0 radical (unpaired) electrons. The first kappa shape index (κ1) is 21.2. The van der Waals surface area contributed by atoms with E-state index in [2.05, 4.69) is 10.6 Å². The van der Waals surface area contributed by atoms with E-state index >= 15 is 0 Å². The van der Waals surface area contributed by atoms with Gasteiger partial charge in [-0.25, -0.2) is 0 Å². The van der Waals surface area contributed by atoms with Crippen LogP contribution in [-0.4, -0.2) is 38.6 Å². The summed E-state index contributed by atoms with van der Waals surface area (Å²) < 4.78 is 5.21. The fourth-order valence-corrected chi connectivity index (χ4v) is 2.69. The number of amides is 2. The molecule has 146 valence electrons. The van der Waals surface area contributed by atoms with Gasteiger partial charge in [0.05, 0.1) is 31.5 Å². The van der Waals surface area contributed by atoms with Crippen LogP contribution in [0.15, 0.2) is 42.5 Å². The van der Waals surface area contributed by atoms with Crippen LogP contribution in [-0.2, 0) is 9.59 Å². The highest BCUT2D eigenvalue weighted by molar-refractivity contribution is 6.31. The smallest absolute Gasteiger partial charge is 0.282 e. The molecule has 0 heterocycles. The zero-order valence-corrected chi connectivity index (χ0v) is 16.6. The molecule has 0 aliphatic carbocycles. The van der Waals surface area contributed by atoms with E-state index in [9.17, 15) is 9.59 Å². The summed E-state index contributed by atoms with van der Waals surface area (Å²) >= 11 is 5.97. The first-order chi connectivity index (χ1) is 13.3. The normalized spacial score (nSPS) is 12.4. The van der Waals surface area contributed by atoms with Crippen LogP contribution in [0.5, 0.6) is 5.75 Å². The largest absolute Gasteiger partial charge is 0.495 e. The van der Waals surface area contributed by atoms with Gasteiger partial charge in [-0.05, 0) is 43.3 Å². The van der Waals surface area contributed by atoms with Crippen molar-refractivity contribution in [2.24, 2.45) is 0 Å². The molecule has 0 spiro atoms. The number of ether oxygens (including phenoxy) is 1. The fourth-order valence-electron chi connectivity index (χ4n) is 2.52. The summed E-state index contributed by atoms with van der Waals surface area (Å²) in [6, 6.07) is 13.1. The van der Waals surface area contributed by atoms with Crippen LogP contribution < -0.4 is 20.3 Å². The monoisotopic (exact) mass is 401 g/mol. The SMILES string of the molecule is COc1ccc(Cl)cc1NC(=O)C[NH+](C)[C@H](C)C(=O)Nc1cccc(C#N)c1. The number of nitrogens with zero attached hydrogens (tertiary/aromatic N) is 1. The second-order valence-corrected chi connectivity index (χ2v) is 6.76. The molecule has 0 bridgehead atoms. The summed E-state index contributed by atoms with van der Waals surface area (Å²) in [6.07, 6.45) is 0. The number of carbonyl (C=O) groups excluding carboxylic acids is 2. The standard InChI is InChI=1S/C20H21ClN4O3/c1-13(20(27)23-16-6-4-5-14(9-16)11-22)25(2)12-19(26)24-17-10-15(21)7-8-18(17)28-3/h4-10,13H,12H2,1-3H3,(H,23,27)(H,24,26)/p+1/t13-/m1/s1. The second kappa shape index (κ2) is 9.74. The van der Waals surface area contributed by atoms with Gasteiger partial charge in [-0.3, -0.25) is 9.59 Å². The van der Waals surface area contributed by atoms with Crippen molar-refractivity contribution in [3.05, 3.63) is 53.1 Å². The quantitative estimate of drug-likeness (QED) is 0.658. The maximum absolute atomic E-state index is 12.5. The van der Waals surface area contributed by atoms with Crippen LogP contribution in [0.25, 0.3) is 0 Å². The lowest BCUT2D eigenvalue weighted by atomic mass is 10.2. The molecule has 28 heavy (non-hydrogen) atoms. The van der Waals surface area contributed by atoms with Gasteiger partial charge in [-0.15, -0.1) is 0 Å². The van der Waals surface area contributed by atoms with Gasteiger partial charge in [0.2, 0.25) is 0 Å². The van der Waals surface area contributed by atoms with E-state index < -0.39 is 6.04 Å². The van der Waals surface area contributed by atoms with Crippen molar-refractivity contribution in [3.63, 3.8) is 0 Å². The topological polar surface area (TPSA) is 95.7 Å². The predicted molar refractivity (Wildman–Crippen MR) is 108 cm³/mol. The van der Waals surface area contributed by atoms with Gasteiger partial charge < -0.3 is 20.3 Å². The molecule has 0 saturated carbocycles. The Labute approximate surface area is 168 Å². The molecule has 8 heteroatoms. The number of quaternary nitrogens is 1. The molecule has 2 aromatic rings. The number of hydrogen-bond acceptors (Lipinski definition) is 4. The summed E-state index contributed by atoms with van der Waals surface area (Å²) in [4.78, 5) is 25.5. The number of nitrogens with one attached hydrogen (secondary N) is 3. The number of hydrogen-bond donors (Lipinski definition) is 3. The zero-order valence-electron chi connectivity index (χ0n) is 15.9. The number of benzene rings is 2. The molecule has 2 amide bonds. The number of rotatable bonds is 7. The van der Waals surface area contributed by atoms with Gasteiger partial charge in [-0.1, -0.05) is 17.7 Å². The van der Waals surface area contributed by atoms with Gasteiger partial charge >= 0.3 is 0 Å². The third-order valence-electron chi connectivity index (χ3n) is 4.27. The Bertz CT molecular complexity index is 911. The highest BCUT2D eigenvalue weighted by Gasteiger charge is 2.24. The summed E-state index contributed by atoms with van der Waals surface area (Å²) in [5.74, 6) is -0.0245. The minimum Gasteiger partial charge on any atom is -0.495 e. The molecule has 3 N–H and O–H groups in total. The van der Waals surface area contributed by atoms with Crippen molar-refractivity contribution in [2.45, 2.75) is 13.0 Å². The van der Waals surface area contributed by atoms with Crippen LogP contribution in [0.1, 0.15) is 12.5 Å². The van der Waals surface area contributed by atoms with Crippen molar-refractivity contribution < 1.29 is 19.2 Å². The lowest BCUT2D eigenvalue weighted by Gasteiger charge is -2.21. The average Bonchev–Trinajstić information content (AvgIpc) is 2.67. The fraction of sp³-hybridized carbons (Fsp3) is 0.250. The van der Waals surface area contributed by atoms with Crippen LogP contribution in [0.4, 0.5) is 11.4 Å². The number of halogens is 1. The minimum absolute atomic E-state index is 0.0719. The maximum atomic E-state index is 12.5. The van der Waals surface area contributed by atoms with Crippen LogP contribution in [0, 0.1) is 11.3 Å². The molecule has 0 saturated heterocycles. The molecule has 0 fully saturated rings. The third-order valence-corrected chi connectivity index (χ3v) is 4.50. The van der Waals surface area contributed by atoms with E-state index in [-0.39, 0.29) is 18.4 Å². The van der Waals surface area contributed by atoms with Gasteiger partial charge in [0, 0.05) is 10.7 Å². The van der Waals surface area contributed by atoms with Gasteiger partial charge in [0.1, 0.15) is 5.75 Å². The predicted octanol–water partition coefficient (Wildman–Crippen LogP) is 1.70. The van der Waals surface area contributed by atoms with E-state index in [1.165, 1.54) is 7.11 Å². The average molecular weight is 402 g/mol. The summed E-state index contributed by atoms with van der Waals surface area (Å²) in [6.45, 7) is 1.80. The minimum atomic E-state index is -0.488. The van der Waals surface area contributed by atoms with E-state index in [1.54, 1.807) is 56.4 Å². The Morgan fingerprint density at radius 3 is 2.68 bits per heavy atom. The van der Waals surface area contributed by atoms with Gasteiger partial charge in [0.15, 0.2) is 12.6 Å². The zero-order chi connectivity index (χ0) is 20.7. The first-order valence-corrected chi connectivity index (χ1v) is 8.98. The molecule has 2 rings (SSSR count). The summed E-state index contributed by atoms with van der Waals surface area (Å²) in [5, 5.41) is 14.9. The lowest BCUT2D eigenvalue weighted by molar-refractivity contribution is -0.885. The Hall–Kier alpha value is -3.08. The lowest BCUT2D eigenvalue weighted by Crippen LogP contribution is -3.14. The first-order valence-electron chi connectivity index (χ1n) is 8.60. The van der Waals surface area contributed by atoms with Crippen LogP contribution in [0.3, 0.4) is 0 Å². The molecule has 0 aliphatic rings. The summed E-state index contributed by atoms with van der Waals surface area (Å²) in [5.41, 5.74) is 1.47. The van der Waals surface area contributed by atoms with E-state index in [0.29, 0.717) is 32.6 Å². The van der Waals surface area contributed by atoms with E-state index in [4.69, 9.17) is 21.6 Å². The number of methoxy groups -OCH3 is 1. The van der Waals surface area contributed by atoms with Crippen molar-refractivity contribution >= 4 is 34.8 Å². The number of anilines is 2. The highest BCUT2D eigenvalue weighted by atomic mass is 35.5. The molecular weight excluding hydrogens is 380 g/mol. The third kappa shape index (κ3) is 5.71. The number of carbonyl (C=O) groups is 2. The Morgan fingerprint density at radius 2 is 2.00 bits per heavy atom. The summed E-state index contributed by atoms with van der Waals surface area (Å²) in [7, 11) is 3.26. The number of nitriles is 1. The van der Waals surface area contributed by atoms with Crippen molar-refractivity contribution in [1.29, 1.82) is 5.26 Å². The second-order valence-electron chi connectivity index (χ2n) is 6.32. The molecule has 2 aromatic carbocycles. The Kier molecular flexibility index (Phi) is 7.38. The van der Waals surface area contributed by atoms with E-state index in [0.717, 1.165) is 0 Å². The number of likely N-dealkylation sites (N-methyl/N-ethyl adjacent to an activating group) is 1. The Morgan fingerprint density at radius 1 is 1.25 bits per heavy atom. The van der Waals surface area contributed by atoms with Gasteiger partial charge in [-0.2, -0.15) is 5.26 Å². The molecule has 0 aliphatic heterocycles. The van der Waals surface area contributed by atoms with Gasteiger partial charge in [0.25, 0.3) is 11.8 Å². The molecular formula is C20H22ClN4O3+. The van der Waals surface area contributed by atoms with Crippen LogP contribution in [0.2, 0.25) is 5.02 Å².